The number of hydrogen-bond acceptors (Lipinski definition) is 4. The summed E-state index contributed by atoms with van der Waals surface area (Å²) in [5, 5.41) is 2.94. The maximum Gasteiger partial charge on any atom is 0.254 e. The number of rotatable bonds is 6. The van der Waals surface area contributed by atoms with E-state index >= 15 is 0 Å². The highest BCUT2D eigenvalue weighted by molar-refractivity contribution is 5.94. The molecule has 2 aromatic carbocycles. The number of piperazine rings is 1. The van der Waals surface area contributed by atoms with Crippen LogP contribution in [0.25, 0.3) is 0 Å². The quantitative estimate of drug-likeness (QED) is 0.831. The monoisotopic (exact) mass is 384 g/mol. The summed E-state index contributed by atoms with van der Waals surface area (Å²) in [6.07, 6.45) is 0. The van der Waals surface area contributed by atoms with Crippen molar-refractivity contribution < 1.29 is 9.18 Å². The van der Waals surface area contributed by atoms with Crippen molar-refractivity contribution >= 4 is 11.6 Å². The van der Waals surface area contributed by atoms with E-state index in [9.17, 15) is 9.18 Å². The first-order valence-electron chi connectivity index (χ1n) is 9.68. The Balaban J connectivity index is 1.76. The van der Waals surface area contributed by atoms with Gasteiger partial charge in [0.2, 0.25) is 0 Å². The van der Waals surface area contributed by atoms with E-state index in [1.54, 1.807) is 12.1 Å². The van der Waals surface area contributed by atoms with Crippen molar-refractivity contribution in [2.24, 2.45) is 0 Å². The van der Waals surface area contributed by atoms with E-state index in [2.05, 4.69) is 51.3 Å². The molecule has 1 amide bonds. The SMILES string of the molecule is CN1CCN([C@H](CNC(=O)c2ccccc2F)c2ccc(N(C)C)cc2)CC1. The van der Waals surface area contributed by atoms with Crippen LogP contribution in [0.4, 0.5) is 10.1 Å². The van der Waals surface area contributed by atoms with Gasteiger partial charge in [-0.15, -0.1) is 0 Å². The molecule has 1 N–H and O–H groups in total. The van der Waals surface area contributed by atoms with E-state index in [4.69, 9.17) is 0 Å². The van der Waals surface area contributed by atoms with Crippen LogP contribution in [0.3, 0.4) is 0 Å². The second kappa shape index (κ2) is 9.17. The van der Waals surface area contributed by atoms with E-state index in [-0.39, 0.29) is 17.5 Å². The Bertz CT molecular complexity index is 785. The van der Waals surface area contributed by atoms with Crippen LogP contribution < -0.4 is 10.2 Å². The van der Waals surface area contributed by atoms with Gasteiger partial charge < -0.3 is 15.1 Å². The van der Waals surface area contributed by atoms with E-state index in [0.717, 1.165) is 37.4 Å². The highest BCUT2D eigenvalue weighted by Gasteiger charge is 2.25. The van der Waals surface area contributed by atoms with Gasteiger partial charge in [-0.25, -0.2) is 4.39 Å². The Labute approximate surface area is 166 Å². The molecule has 3 rings (SSSR count). The van der Waals surface area contributed by atoms with Crippen LogP contribution in [-0.4, -0.2) is 69.6 Å². The summed E-state index contributed by atoms with van der Waals surface area (Å²) in [4.78, 5) is 19.3. The smallest absolute Gasteiger partial charge is 0.254 e. The third kappa shape index (κ3) is 4.88. The fourth-order valence-electron chi connectivity index (χ4n) is 3.52. The molecule has 0 spiro atoms. The molecular formula is C22H29FN4O. The zero-order chi connectivity index (χ0) is 20.1. The van der Waals surface area contributed by atoms with Gasteiger partial charge in [0.15, 0.2) is 0 Å². The fraction of sp³-hybridized carbons (Fsp3) is 0.409. The van der Waals surface area contributed by atoms with Crippen molar-refractivity contribution in [3.8, 4) is 0 Å². The van der Waals surface area contributed by atoms with Gasteiger partial charge in [0.1, 0.15) is 5.82 Å². The molecule has 6 heteroatoms. The molecule has 1 saturated heterocycles. The molecule has 0 radical (unpaired) electrons. The first kappa shape index (κ1) is 20.3. The Hall–Kier alpha value is -2.44. The number of benzene rings is 2. The topological polar surface area (TPSA) is 38.8 Å². The fourth-order valence-corrected chi connectivity index (χ4v) is 3.52. The predicted molar refractivity (Wildman–Crippen MR) is 111 cm³/mol. The molecule has 2 aromatic rings. The van der Waals surface area contributed by atoms with Crippen LogP contribution in [0.5, 0.6) is 0 Å². The van der Waals surface area contributed by atoms with Crippen molar-refractivity contribution in [3.63, 3.8) is 0 Å². The number of halogens is 1. The zero-order valence-corrected chi connectivity index (χ0v) is 16.9. The lowest BCUT2D eigenvalue weighted by Gasteiger charge is -2.38. The van der Waals surface area contributed by atoms with Crippen LogP contribution in [0.2, 0.25) is 0 Å². The first-order chi connectivity index (χ1) is 13.5. The van der Waals surface area contributed by atoms with Gasteiger partial charge in [0.05, 0.1) is 11.6 Å². The number of nitrogens with zero attached hydrogens (tertiary/aromatic N) is 3. The average molecular weight is 384 g/mol. The van der Waals surface area contributed by atoms with Crippen molar-refractivity contribution in [1.29, 1.82) is 0 Å². The molecule has 0 saturated carbocycles. The van der Waals surface area contributed by atoms with E-state index in [1.807, 2.05) is 14.1 Å². The third-order valence-corrected chi connectivity index (χ3v) is 5.35. The Kier molecular flexibility index (Phi) is 6.65. The van der Waals surface area contributed by atoms with Crippen molar-refractivity contribution in [2.45, 2.75) is 6.04 Å². The second-order valence-electron chi connectivity index (χ2n) is 7.53. The number of hydrogen-bond donors (Lipinski definition) is 1. The minimum atomic E-state index is -0.494. The predicted octanol–water partition coefficient (Wildman–Crippen LogP) is 2.61. The molecule has 1 atom stereocenters. The number of anilines is 1. The highest BCUT2D eigenvalue weighted by Crippen LogP contribution is 2.24. The average Bonchev–Trinajstić information content (AvgIpc) is 2.70. The van der Waals surface area contributed by atoms with Crippen LogP contribution >= 0.6 is 0 Å². The standard InChI is InChI=1S/C22H29FN4O/c1-25(2)18-10-8-17(9-11-18)21(27-14-12-26(3)13-15-27)16-24-22(28)19-6-4-5-7-20(19)23/h4-11,21H,12-16H2,1-3H3,(H,24,28)/t21-/m1/s1. The summed E-state index contributed by atoms with van der Waals surface area (Å²) in [6, 6.07) is 14.6. The Morgan fingerprint density at radius 2 is 1.71 bits per heavy atom. The van der Waals surface area contributed by atoms with Gasteiger partial charge in [-0.1, -0.05) is 24.3 Å². The maximum absolute atomic E-state index is 13.9. The van der Waals surface area contributed by atoms with Crippen molar-refractivity contribution in [3.05, 3.63) is 65.5 Å². The van der Waals surface area contributed by atoms with Gasteiger partial charge in [0.25, 0.3) is 5.91 Å². The van der Waals surface area contributed by atoms with Crippen LogP contribution in [0, 0.1) is 5.82 Å². The molecule has 0 unspecified atom stereocenters. The molecule has 0 aliphatic carbocycles. The van der Waals surface area contributed by atoms with Gasteiger partial charge in [-0.2, -0.15) is 0 Å². The molecule has 150 valence electrons. The van der Waals surface area contributed by atoms with Crippen LogP contribution in [-0.2, 0) is 0 Å². The highest BCUT2D eigenvalue weighted by atomic mass is 19.1. The normalized spacial score (nSPS) is 16.6. The summed E-state index contributed by atoms with van der Waals surface area (Å²) in [7, 11) is 6.15. The molecular weight excluding hydrogens is 355 g/mol. The van der Waals surface area contributed by atoms with Gasteiger partial charge >= 0.3 is 0 Å². The number of carbonyl (C=O) groups excluding carboxylic acids is 1. The van der Waals surface area contributed by atoms with Gasteiger partial charge in [-0.05, 0) is 36.9 Å². The number of carbonyl (C=O) groups is 1. The molecule has 0 bridgehead atoms. The first-order valence-corrected chi connectivity index (χ1v) is 9.68. The van der Waals surface area contributed by atoms with Crippen molar-refractivity contribution in [2.75, 3.05) is 58.8 Å². The Morgan fingerprint density at radius 3 is 2.32 bits per heavy atom. The lowest BCUT2D eigenvalue weighted by atomic mass is 10.0. The lowest BCUT2D eigenvalue weighted by Crippen LogP contribution is -2.48. The molecule has 1 fully saturated rings. The molecule has 0 aromatic heterocycles. The van der Waals surface area contributed by atoms with Gasteiger partial charge in [-0.3, -0.25) is 9.69 Å². The summed E-state index contributed by atoms with van der Waals surface area (Å²) in [6.45, 7) is 4.30. The summed E-state index contributed by atoms with van der Waals surface area (Å²) in [5.74, 6) is -0.867. The van der Waals surface area contributed by atoms with Crippen LogP contribution in [0.1, 0.15) is 22.0 Å². The number of amides is 1. The van der Waals surface area contributed by atoms with Gasteiger partial charge in [0, 0.05) is 52.5 Å². The Morgan fingerprint density at radius 1 is 1.07 bits per heavy atom. The zero-order valence-electron chi connectivity index (χ0n) is 16.9. The second-order valence-corrected chi connectivity index (χ2v) is 7.53. The van der Waals surface area contributed by atoms with E-state index in [0.29, 0.717) is 6.54 Å². The minimum absolute atomic E-state index is 0.0561. The molecule has 1 heterocycles. The van der Waals surface area contributed by atoms with Crippen molar-refractivity contribution in [1.82, 2.24) is 15.1 Å². The van der Waals surface area contributed by atoms with E-state index in [1.165, 1.54) is 12.1 Å². The molecule has 28 heavy (non-hydrogen) atoms. The summed E-state index contributed by atoms with van der Waals surface area (Å²) >= 11 is 0. The van der Waals surface area contributed by atoms with Crippen LogP contribution in [0.15, 0.2) is 48.5 Å². The lowest BCUT2D eigenvalue weighted by molar-refractivity contribution is 0.0883. The summed E-state index contributed by atoms with van der Waals surface area (Å²) in [5.41, 5.74) is 2.38. The van der Waals surface area contributed by atoms with E-state index < -0.39 is 5.82 Å². The largest absolute Gasteiger partial charge is 0.378 e. The molecule has 1 aliphatic rings. The summed E-state index contributed by atoms with van der Waals surface area (Å²) < 4.78 is 13.9. The third-order valence-electron chi connectivity index (χ3n) is 5.35. The number of nitrogens with one attached hydrogen (secondary N) is 1. The minimum Gasteiger partial charge on any atom is -0.378 e. The molecule has 1 aliphatic heterocycles. The molecule has 5 nitrogen and oxygen atoms in total. The maximum atomic E-state index is 13.9. The number of likely N-dealkylation sites (N-methyl/N-ethyl adjacent to an activating group) is 1.